The molecule has 0 aromatic carbocycles. The third-order valence-corrected chi connectivity index (χ3v) is 5.46. The standard InChI is InChI=1S/C19H23ClN4O4/c1-3-11-7-15(22-17(11)20)18(25)23-14-4-5-24(10-16(14)28-2)13-6-12(19(26)27)8-21-9-13/h6,8-9,14,16H,3-5,7,10H2,1-2H3,(H,23,25)(H,26,27)/t14-,16+/m1/s1. The maximum absolute atomic E-state index is 12.6. The average Bonchev–Trinajstić information content (AvgIpc) is 3.09. The van der Waals surface area contributed by atoms with Crippen LogP contribution in [0.3, 0.4) is 0 Å². The highest BCUT2D eigenvalue weighted by Crippen LogP contribution is 2.26. The molecule has 3 heterocycles. The molecular formula is C19H23ClN4O4. The molecule has 150 valence electrons. The molecule has 1 saturated heterocycles. The lowest BCUT2D eigenvalue weighted by Crippen LogP contribution is -2.56. The molecule has 2 aliphatic heterocycles. The van der Waals surface area contributed by atoms with Gasteiger partial charge in [0.05, 0.1) is 29.6 Å². The van der Waals surface area contributed by atoms with E-state index in [1.165, 1.54) is 6.20 Å². The predicted octanol–water partition coefficient (Wildman–Crippen LogP) is 2.19. The van der Waals surface area contributed by atoms with Crippen molar-refractivity contribution in [2.24, 2.45) is 4.99 Å². The summed E-state index contributed by atoms with van der Waals surface area (Å²) in [6.07, 6.45) is 4.59. The molecule has 0 aliphatic carbocycles. The van der Waals surface area contributed by atoms with E-state index in [1.807, 2.05) is 11.8 Å². The van der Waals surface area contributed by atoms with Crippen molar-refractivity contribution in [3.63, 3.8) is 0 Å². The number of aliphatic imine (C=N–C) groups is 1. The number of carboxylic acid groups (broad SMARTS) is 1. The van der Waals surface area contributed by atoms with Crippen LogP contribution in [-0.4, -0.2) is 60.0 Å². The van der Waals surface area contributed by atoms with E-state index in [1.54, 1.807) is 19.4 Å². The summed E-state index contributed by atoms with van der Waals surface area (Å²) in [5.41, 5.74) is 2.25. The molecule has 8 nitrogen and oxygen atoms in total. The molecule has 9 heteroatoms. The van der Waals surface area contributed by atoms with E-state index in [-0.39, 0.29) is 23.6 Å². The molecule has 2 aliphatic rings. The number of carbonyl (C=O) groups excluding carboxylic acids is 1. The molecule has 1 fully saturated rings. The minimum atomic E-state index is -1.02. The number of nitrogens with zero attached hydrogens (tertiary/aromatic N) is 3. The Kier molecular flexibility index (Phi) is 6.31. The van der Waals surface area contributed by atoms with Crippen molar-refractivity contribution in [3.05, 3.63) is 34.8 Å². The van der Waals surface area contributed by atoms with Crippen molar-refractivity contribution in [3.8, 4) is 0 Å². The topological polar surface area (TPSA) is 104 Å². The summed E-state index contributed by atoms with van der Waals surface area (Å²) in [4.78, 5) is 33.9. The number of pyridine rings is 1. The van der Waals surface area contributed by atoms with Crippen LogP contribution in [0.15, 0.2) is 34.2 Å². The quantitative estimate of drug-likeness (QED) is 0.702. The zero-order valence-corrected chi connectivity index (χ0v) is 16.6. The van der Waals surface area contributed by atoms with Crippen molar-refractivity contribution >= 4 is 34.9 Å². The lowest BCUT2D eigenvalue weighted by Gasteiger charge is -2.39. The molecule has 2 N–H and O–H groups in total. The maximum Gasteiger partial charge on any atom is 0.337 e. The molecule has 1 aromatic rings. The Morgan fingerprint density at radius 1 is 1.43 bits per heavy atom. The van der Waals surface area contributed by atoms with Crippen LogP contribution in [0.4, 0.5) is 5.69 Å². The number of aromatic carboxylic acids is 1. The van der Waals surface area contributed by atoms with Gasteiger partial charge in [0, 0.05) is 32.8 Å². The molecule has 1 aromatic heterocycles. The van der Waals surface area contributed by atoms with Gasteiger partial charge in [-0.2, -0.15) is 0 Å². The predicted molar refractivity (Wildman–Crippen MR) is 106 cm³/mol. The number of allylic oxidation sites excluding steroid dienone is 1. The van der Waals surface area contributed by atoms with Crippen LogP contribution in [0.5, 0.6) is 0 Å². The van der Waals surface area contributed by atoms with E-state index in [0.717, 1.165) is 17.7 Å². The summed E-state index contributed by atoms with van der Waals surface area (Å²) in [5, 5.41) is 12.6. The Morgan fingerprint density at radius 2 is 2.21 bits per heavy atom. The fraction of sp³-hybridized carbons (Fsp3) is 0.474. The molecule has 3 rings (SSSR count). The van der Waals surface area contributed by atoms with Crippen molar-refractivity contribution < 1.29 is 19.4 Å². The van der Waals surface area contributed by atoms with Crippen molar-refractivity contribution in [1.82, 2.24) is 10.3 Å². The highest BCUT2D eigenvalue weighted by atomic mass is 35.5. The molecule has 2 atom stereocenters. The number of anilines is 1. The molecule has 1 amide bonds. The van der Waals surface area contributed by atoms with Gasteiger partial charge in [0.15, 0.2) is 0 Å². The van der Waals surface area contributed by atoms with Crippen LogP contribution in [0, 0.1) is 0 Å². The zero-order chi connectivity index (χ0) is 20.3. The summed E-state index contributed by atoms with van der Waals surface area (Å²) in [6.45, 7) is 3.14. The first-order valence-corrected chi connectivity index (χ1v) is 9.52. The minimum absolute atomic E-state index is 0.136. The van der Waals surface area contributed by atoms with Crippen molar-refractivity contribution in [2.45, 2.75) is 38.3 Å². The minimum Gasteiger partial charge on any atom is -0.478 e. The Hall–Kier alpha value is -2.45. The Labute approximate surface area is 168 Å². The second kappa shape index (κ2) is 8.70. The summed E-state index contributed by atoms with van der Waals surface area (Å²) in [5.74, 6) is -1.24. The highest BCUT2D eigenvalue weighted by molar-refractivity contribution is 6.43. The smallest absolute Gasteiger partial charge is 0.337 e. The number of carboxylic acids is 1. The summed E-state index contributed by atoms with van der Waals surface area (Å²) >= 11 is 6.07. The Bertz CT molecular complexity index is 839. The fourth-order valence-corrected chi connectivity index (χ4v) is 3.74. The van der Waals surface area contributed by atoms with Gasteiger partial charge in [0.1, 0.15) is 10.9 Å². The molecule has 28 heavy (non-hydrogen) atoms. The number of piperidine rings is 1. The van der Waals surface area contributed by atoms with Gasteiger partial charge < -0.3 is 20.1 Å². The van der Waals surface area contributed by atoms with Gasteiger partial charge in [0.25, 0.3) is 5.91 Å². The van der Waals surface area contributed by atoms with E-state index in [4.69, 9.17) is 21.4 Å². The van der Waals surface area contributed by atoms with E-state index < -0.39 is 5.97 Å². The molecule has 0 saturated carbocycles. The van der Waals surface area contributed by atoms with Crippen LogP contribution in [0.2, 0.25) is 0 Å². The van der Waals surface area contributed by atoms with Gasteiger partial charge in [-0.05, 0) is 24.5 Å². The molecule has 0 radical (unpaired) electrons. The number of hydrogen-bond donors (Lipinski definition) is 2. The largest absolute Gasteiger partial charge is 0.478 e. The monoisotopic (exact) mass is 406 g/mol. The molecule has 0 bridgehead atoms. The third kappa shape index (κ3) is 4.34. The first-order chi connectivity index (χ1) is 13.4. The number of ether oxygens (including phenoxy) is 1. The third-order valence-electron chi connectivity index (χ3n) is 5.11. The van der Waals surface area contributed by atoms with Crippen molar-refractivity contribution in [2.75, 3.05) is 25.1 Å². The van der Waals surface area contributed by atoms with Crippen LogP contribution in [0.25, 0.3) is 0 Å². The fourth-order valence-electron chi connectivity index (χ4n) is 3.44. The lowest BCUT2D eigenvalue weighted by molar-refractivity contribution is -0.116. The van der Waals surface area contributed by atoms with Crippen LogP contribution in [-0.2, 0) is 9.53 Å². The Balaban J connectivity index is 1.64. The van der Waals surface area contributed by atoms with E-state index in [9.17, 15) is 9.59 Å². The lowest BCUT2D eigenvalue weighted by atomic mass is 10.00. The van der Waals surface area contributed by atoms with Gasteiger partial charge in [-0.1, -0.05) is 18.5 Å². The van der Waals surface area contributed by atoms with Gasteiger partial charge in [-0.15, -0.1) is 0 Å². The number of halogens is 1. The van der Waals surface area contributed by atoms with Gasteiger partial charge >= 0.3 is 5.97 Å². The number of rotatable bonds is 6. The highest BCUT2D eigenvalue weighted by Gasteiger charge is 2.32. The number of amides is 1. The number of nitrogens with one attached hydrogen (secondary N) is 1. The summed E-state index contributed by atoms with van der Waals surface area (Å²) in [7, 11) is 1.60. The second-order valence-corrected chi connectivity index (χ2v) is 7.17. The van der Waals surface area contributed by atoms with E-state index >= 15 is 0 Å². The number of carbonyl (C=O) groups is 2. The van der Waals surface area contributed by atoms with Crippen LogP contribution in [0.1, 0.15) is 36.5 Å². The first kappa shape index (κ1) is 20.3. The molecule has 0 unspecified atom stereocenters. The van der Waals surface area contributed by atoms with E-state index in [2.05, 4.69) is 15.3 Å². The van der Waals surface area contributed by atoms with Crippen molar-refractivity contribution in [1.29, 1.82) is 0 Å². The molecule has 0 spiro atoms. The summed E-state index contributed by atoms with van der Waals surface area (Å²) in [6, 6.07) is 1.42. The van der Waals surface area contributed by atoms with Crippen LogP contribution >= 0.6 is 11.6 Å². The maximum atomic E-state index is 12.6. The average molecular weight is 407 g/mol. The zero-order valence-electron chi connectivity index (χ0n) is 15.8. The first-order valence-electron chi connectivity index (χ1n) is 9.15. The van der Waals surface area contributed by atoms with Gasteiger partial charge in [0.2, 0.25) is 0 Å². The van der Waals surface area contributed by atoms with Gasteiger partial charge in [-0.3, -0.25) is 9.78 Å². The molecular weight excluding hydrogens is 384 g/mol. The Morgan fingerprint density at radius 3 is 2.86 bits per heavy atom. The number of aromatic nitrogens is 1. The number of hydrogen-bond acceptors (Lipinski definition) is 6. The van der Waals surface area contributed by atoms with Crippen LogP contribution < -0.4 is 10.2 Å². The van der Waals surface area contributed by atoms with E-state index in [0.29, 0.717) is 36.8 Å². The normalized spacial score (nSPS) is 22.2. The SMILES string of the molecule is CCC1=C(Cl)N=C(C(=O)N[C@@H]2CCN(c3cncc(C(=O)O)c3)C[C@@H]2OC)C1. The second-order valence-electron chi connectivity index (χ2n) is 6.81. The number of methoxy groups -OCH3 is 1. The summed E-state index contributed by atoms with van der Waals surface area (Å²) < 4.78 is 5.59. The van der Waals surface area contributed by atoms with Gasteiger partial charge in [-0.25, -0.2) is 9.79 Å².